The molecule has 2 aromatic rings. The Kier molecular flexibility index (Phi) is 2.78. The van der Waals surface area contributed by atoms with Crippen molar-refractivity contribution >= 4 is 0 Å². The Balaban J connectivity index is 1.74. The Labute approximate surface area is 119 Å². The molecule has 20 heavy (non-hydrogen) atoms. The summed E-state index contributed by atoms with van der Waals surface area (Å²) in [5, 5.41) is 10.7. The third-order valence-corrected chi connectivity index (χ3v) is 4.48. The zero-order chi connectivity index (χ0) is 13.5. The molecule has 2 heteroatoms. The van der Waals surface area contributed by atoms with Crippen molar-refractivity contribution in [1.82, 2.24) is 0 Å². The number of benzene rings is 2. The second-order valence-corrected chi connectivity index (χ2v) is 5.72. The zero-order valence-electron chi connectivity index (χ0n) is 11.4. The number of aliphatic hydroxyl groups is 1. The second kappa shape index (κ2) is 4.64. The van der Waals surface area contributed by atoms with Gasteiger partial charge >= 0.3 is 0 Å². The number of ether oxygens (including phenoxy) is 1. The molecule has 102 valence electrons. The summed E-state index contributed by atoms with van der Waals surface area (Å²) in [4.78, 5) is 0. The average Bonchev–Trinajstić information content (AvgIpc) is 3.13. The third-order valence-electron chi connectivity index (χ3n) is 4.48. The van der Waals surface area contributed by atoms with Crippen LogP contribution in [0.4, 0.5) is 0 Å². The van der Waals surface area contributed by atoms with Crippen molar-refractivity contribution < 1.29 is 9.84 Å². The summed E-state index contributed by atoms with van der Waals surface area (Å²) >= 11 is 0. The normalized spacial score (nSPS) is 17.4. The predicted molar refractivity (Wildman–Crippen MR) is 78.2 cm³/mol. The number of fused-ring (bicyclic) bond motifs is 2. The number of hydrogen-bond donors (Lipinski definition) is 1. The number of rotatable bonds is 2. The largest absolute Gasteiger partial charge is 0.493 e. The molecule has 1 N–H and O–H groups in total. The molecule has 4 rings (SSSR count). The van der Waals surface area contributed by atoms with Crippen molar-refractivity contribution in [3.63, 3.8) is 0 Å². The Morgan fingerprint density at radius 3 is 2.80 bits per heavy atom. The van der Waals surface area contributed by atoms with Crippen LogP contribution in [0.2, 0.25) is 0 Å². The Morgan fingerprint density at radius 2 is 1.85 bits per heavy atom. The van der Waals surface area contributed by atoms with E-state index in [-0.39, 0.29) is 0 Å². The predicted octanol–water partition coefficient (Wildman–Crippen LogP) is 3.19. The maximum atomic E-state index is 10.7. The van der Waals surface area contributed by atoms with Crippen molar-refractivity contribution in [2.45, 2.75) is 31.8 Å². The van der Waals surface area contributed by atoms with Gasteiger partial charge < -0.3 is 9.84 Å². The first-order valence-electron chi connectivity index (χ1n) is 7.37. The van der Waals surface area contributed by atoms with Crippen LogP contribution in [-0.2, 0) is 19.3 Å². The van der Waals surface area contributed by atoms with Crippen LogP contribution >= 0.6 is 0 Å². The highest BCUT2D eigenvalue weighted by molar-refractivity contribution is 5.49. The van der Waals surface area contributed by atoms with Gasteiger partial charge in [0, 0.05) is 12.0 Å². The molecular formula is C18H18O2. The fourth-order valence-corrected chi connectivity index (χ4v) is 3.40. The van der Waals surface area contributed by atoms with Gasteiger partial charge in [0.1, 0.15) is 11.9 Å². The summed E-state index contributed by atoms with van der Waals surface area (Å²) in [7, 11) is 0. The topological polar surface area (TPSA) is 29.5 Å². The van der Waals surface area contributed by atoms with Crippen molar-refractivity contribution in [3.05, 3.63) is 64.2 Å². The van der Waals surface area contributed by atoms with E-state index in [0.717, 1.165) is 36.3 Å². The van der Waals surface area contributed by atoms with Gasteiger partial charge in [0.25, 0.3) is 0 Å². The summed E-state index contributed by atoms with van der Waals surface area (Å²) in [6, 6.07) is 12.5. The van der Waals surface area contributed by atoms with Crippen molar-refractivity contribution in [1.29, 1.82) is 0 Å². The van der Waals surface area contributed by atoms with Crippen LogP contribution in [-0.4, -0.2) is 11.7 Å². The van der Waals surface area contributed by atoms with Gasteiger partial charge in [0.05, 0.1) is 6.61 Å². The van der Waals surface area contributed by atoms with E-state index in [1.807, 2.05) is 12.1 Å². The second-order valence-electron chi connectivity index (χ2n) is 5.72. The van der Waals surface area contributed by atoms with Gasteiger partial charge in [-0.1, -0.05) is 36.4 Å². The SMILES string of the molecule is OC(c1ccc2c(c1)CCC2)c1cccc2c1OCC2. The molecule has 0 spiro atoms. The molecule has 1 aliphatic heterocycles. The highest BCUT2D eigenvalue weighted by atomic mass is 16.5. The molecule has 0 radical (unpaired) electrons. The minimum absolute atomic E-state index is 0.589. The van der Waals surface area contributed by atoms with Crippen LogP contribution in [0.3, 0.4) is 0 Å². The molecule has 0 aromatic heterocycles. The highest BCUT2D eigenvalue weighted by Gasteiger charge is 2.22. The van der Waals surface area contributed by atoms with E-state index < -0.39 is 6.10 Å². The van der Waals surface area contributed by atoms with Crippen molar-refractivity contribution in [3.8, 4) is 5.75 Å². The first kappa shape index (κ1) is 12.0. The molecule has 1 heterocycles. The fraction of sp³-hybridized carbons (Fsp3) is 0.333. The molecule has 1 aliphatic carbocycles. The minimum Gasteiger partial charge on any atom is -0.493 e. The van der Waals surface area contributed by atoms with Crippen molar-refractivity contribution in [2.75, 3.05) is 6.61 Å². The molecule has 2 aromatic carbocycles. The van der Waals surface area contributed by atoms with E-state index in [1.54, 1.807) is 0 Å². The van der Waals surface area contributed by atoms with E-state index >= 15 is 0 Å². The monoisotopic (exact) mass is 266 g/mol. The van der Waals surface area contributed by atoms with Crippen LogP contribution in [0.15, 0.2) is 36.4 Å². The Hall–Kier alpha value is -1.80. The number of hydrogen-bond acceptors (Lipinski definition) is 2. The molecule has 1 unspecified atom stereocenters. The molecule has 1 atom stereocenters. The maximum absolute atomic E-state index is 10.7. The maximum Gasteiger partial charge on any atom is 0.128 e. The summed E-state index contributed by atoms with van der Waals surface area (Å²) in [5.41, 5.74) is 5.93. The quantitative estimate of drug-likeness (QED) is 0.904. The number of aliphatic hydroxyl groups excluding tert-OH is 1. The van der Waals surface area contributed by atoms with Crippen LogP contribution in [0, 0.1) is 0 Å². The Bertz CT molecular complexity index is 660. The molecule has 0 amide bonds. The van der Waals surface area contributed by atoms with E-state index in [1.165, 1.54) is 29.5 Å². The van der Waals surface area contributed by atoms with Gasteiger partial charge in [-0.2, -0.15) is 0 Å². The van der Waals surface area contributed by atoms with E-state index in [0.29, 0.717) is 0 Å². The Morgan fingerprint density at radius 1 is 0.950 bits per heavy atom. The van der Waals surface area contributed by atoms with Crippen LogP contribution in [0.1, 0.15) is 40.3 Å². The molecule has 0 bridgehead atoms. The standard InChI is InChI=1S/C18H18O2/c19-17(15-8-7-12-3-1-5-14(12)11-15)16-6-2-4-13-9-10-20-18(13)16/h2,4,6-8,11,17,19H,1,3,5,9-10H2. The molecule has 0 fully saturated rings. The van der Waals surface area contributed by atoms with Gasteiger partial charge in [-0.3, -0.25) is 0 Å². The van der Waals surface area contributed by atoms with Gasteiger partial charge in [0.15, 0.2) is 0 Å². The summed E-state index contributed by atoms with van der Waals surface area (Å²) in [5.74, 6) is 0.889. The van der Waals surface area contributed by atoms with E-state index in [4.69, 9.17) is 4.74 Å². The van der Waals surface area contributed by atoms with Crippen LogP contribution in [0.25, 0.3) is 0 Å². The minimum atomic E-state index is -0.589. The smallest absolute Gasteiger partial charge is 0.128 e. The van der Waals surface area contributed by atoms with E-state index in [9.17, 15) is 5.11 Å². The highest BCUT2D eigenvalue weighted by Crippen LogP contribution is 2.37. The molecular weight excluding hydrogens is 248 g/mol. The van der Waals surface area contributed by atoms with E-state index in [2.05, 4.69) is 24.3 Å². The lowest BCUT2D eigenvalue weighted by atomic mass is 9.96. The third kappa shape index (κ3) is 1.83. The number of aryl methyl sites for hydroxylation is 2. The summed E-state index contributed by atoms with van der Waals surface area (Å²) < 4.78 is 5.70. The van der Waals surface area contributed by atoms with Gasteiger partial charge in [-0.25, -0.2) is 0 Å². The lowest BCUT2D eigenvalue weighted by Gasteiger charge is -2.16. The zero-order valence-corrected chi connectivity index (χ0v) is 11.4. The summed E-state index contributed by atoms with van der Waals surface area (Å²) in [6.45, 7) is 0.725. The average molecular weight is 266 g/mol. The van der Waals surface area contributed by atoms with Gasteiger partial charge in [-0.05, 0) is 41.5 Å². The van der Waals surface area contributed by atoms with Gasteiger partial charge in [0.2, 0.25) is 0 Å². The fourth-order valence-electron chi connectivity index (χ4n) is 3.40. The number of para-hydroxylation sites is 1. The first-order valence-corrected chi connectivity index (χ1v) is 7.37. The summed E-state index contributed by atoms with van der Waals surface area (Å²) in [6.07, 6.45) is 3.90. The molecule has 0 saturated carbocycles. The van der Waals surface area contributed by atoms with Crippen LogP contribution < -0.4 is 4.74 Å². The first-order chi connectivity index (χ1) is 9.83. The van der Waals surface area contributed by atoms with Crippen LogP contribution in [0.5, 0.6) is 5.75 Å². The van der Waals surface area contributed by atoms with Gasteiger partial charge in [-0.15, -0.1) is 0 Å². The molecule has 0 saturated heterocycles. The molecule has 2 nitrogen and oxygen atoms in total. The van der Waals surface area contributed by atoms with Crippen molar-refractivity contribution in [2.24, 2.45) is 0 Å². The lowest BCUT2D eigenvalue weighted by molar-refractivity contribution is 0.213. The molecule has 2 aliphatic rings. The lowest BCUT2D eigenvalue weighted by Crippen LogP contribution is -2.03.